The van der Waals surface area contributed by atoms with E-state index in [2.05, 4.69) is 15.6 Å². The summed E-state index contributed by atoms with van der Waals surface area (Å²) >= 11 is 0. The zero-order valence-electron chi connectivity index (χ0n) is 13.6. The zero-order valence-corrected chi connectivity index (χ0v) is 13.6. The van der Waals surface area contributed by atoms with Gasteiger partial charge in [-0.05, 0) is 38.4 Å². The summed E-state index contributed by atoms with van der Waals surface area (Å²) in [6, 6.07) is 5.52. The van der Waals surface area contributed by atoms with Gasteiger partial charge in [0.25, 0.3) is 5.91 Å². The van der Waals surface area contributed by atoms with Gasteiger partial charge in [-0.1, -0.05) is 5.21 Å². The van der Waals surface area contributed by atoms with E-state index >= 15 is 0 Å². The Morgan fingerprint density at radius 2 is 2.08 bits per heavy atom. The van der Waals surface area contributed by atoms with Gasteiger partial charge in [0.05, 0.1) is 11.4 Å². The first kappa shape index (κ1) is 16.3. The van der Waals surface area contributed by atoms with Gasteiger partial charge < -0.3 is 20.5 Å². The van der Waals surface area contributed by atoms with Crippen LogP contribution in [0.15, 0.2) is 18.2 Å². The largest absolute Gasteiger partial charge is 0.486 e. The third-order valence-electron chi connectivity index (χ3n) is 3.80. The second-order valence-corrected chi connectivity index (χ2v) is 5.51. The zero-order chi connectivity index (χ0) is 16.9. The molecule has 1 aliphatic rings. The Kier molecular flexibility index (Phi) is 4.95. The van der Waals surface area contributed by atoms with Gasteiger partial charge >= 0.3 is 0 Å². The number of carbonyl (C=O) groups is 1. The average Bonchev–Trinajstić information content (AvgIpc) is 2.99. The highest BCUT2D eigenvalue weighted by Gasteiger charge is 2.19. The lowest BCUT2D eigenvalue weighted by Gasteiger charge is -2.18. The Hall–Kier alpha value is -2.61. The molecule has 0 fully saturated rings. The number of unbranched alkanes of at least 4 members (excludes halogenated alkanes) is 1. The Labute approximate surface area is 139 Å². The maximum Gasteiger partial charge on any atom is 0.273 e. The number of amides is 1. The fraction of sp³-hybridized carbons (Fsp3) is 0.438. The predicted octanol–water partition coefficient (Wildman–Crippen LogP) is 0.816. The van der Waals surface area contributed by atoms with E-state index in [0.29, 0.717) is 49.2 Å². The summed E-state index contributed by atoms with van der Waals surface area (Å²) in [6.45, 7) is 4.07. The standard InChI is InChI=1S/C16H21N5O3/c1-11-15(16(22)18-7-3-2-6-17)19-20-21(11)12-4-5-13-14(10-12)24-9-8-23-13/h4-5,10H,2-3,6-9,17H2,1H3,(H,18,22). The number of benzene rings is 1. The van der Waals surface area contributed by atoms with E-state index in [1.165, 1.54) is 0 Å². The molecule has 3 N–H and O–H groups in total. The number of nitrogens with zero attached hydrogens (tertiary/aromatic N) is 3. The molecule has 0 unspecified atom stereocenters. The first-order chi connectivity index (χ1) is 11.7. The molecule has 0 saturated carbocycles. The van der Waals surface area contributed by atoms with Crippen molar-refractivity contribution in [3.05, 3.63) is 29.6 Å². The van der Waals surface area contributed by atoms with Gasteiger partial charge in [-0.25, -0.2) is 4.68 Å². The van der Waals surface area contributed by atoms with Crippen LogP contribution < -0.4 is 20.5 Å². The molecule has 128 valence electrons. The molecule has 0 radical (unpaired) electrons. The fourth-order valence-electron chi connectivity index (χ4n) is 2.50. The number of ether oxygens (including phenoxy) is 2. The number of hydrogen-bond acceptors (Lipinski definition) is 6. The van der Waals surface area contributed by atoms with Crippen molar-refractivity contribution in [3.8, 4) is 17.2 Å². The third kappa shape index (κ3) is 3.33. The second-order valence-electron chi connectivity index (χ2n) is 5.51. The summed E-state index contributed by atoms with van der Waals surface area (Å²) in [5.74, 6) is 1.15. The van der Waals surface area contributed by atoms with Crippen molar-refractivity contribution in [3.63, 3.8) is 0 Å². The topological polar surface area (TPSA) is 104 Å². The number of carbonyl (C=O) groups excluding carboxylic acids is 1. The Morgan fingerprint density at radius 3 is 2.88 bits per heavy atom. The lowest BCUT2D eigenvalue weighted by Crippen LogP contribution is -2.26. The Balaban J connectivity index is 1.76. The monoisotopic (exact) mass is 331 g/mol. The molecular formula is C16H21N5O3. The van der Waals surface area contributed by atoms with Crippen LogP contribution in [0.5, 0.6) is 11.5 Å². The highest BCUT2D eigenvalue weighted by Crippen LogP contribution is 2.32. The van der Waals surface area contributed by atoms with Crippen molar-refractivity contribution in [2.45, 2.75) is 19.8 Å². The van der Waals surface area contributed by atoms with E-state index < -0.39 is 0 Å². The van der Waals surface area contributed by atoms with Crippen LogP contribution in [0.3, 0.4) is 0 Å². The summed E-state index contributed by atoms with van der Waals surface area (Å²) < 4.78 is 12.7. The number of aromatic nitrogens is 3. The van der Waals surface area contributed by atoms with Crippen LogP contribution in [0.4, 0.5) is 0 Å². The molecule has 1 aliphatic heterocycles. The van der Waals surface area contributed by atoms with Gasteiger partial charge in [-0.15, -0.1) is 5.10 Å². The van der Waals surface area contributed by atoms with Crippen molar-refractivity contribution < 1.29 is 14.3 Å². The summed E-state index contributed by atoms with van der Waals surface area (Å²) in [7, 11) is 0. The number of nitrogens with one attached hydrogen (secondary N) is 1. The molecule has 0 atom stereocenters. The molecule has 3 rings (SSSR count). The van der Waals surface area contributed by atoms with Crippen molar-refractivity contribution in [2.75, 3.05) is 26.3 Å². The highest BCUT2D eigenvalue weighted by molar-refractivity contribution is 5.93. The second kappa shape index (κ2) is 7.31. The first-order valence-electron chi connectivity index (χ1n) is 8.01. The Morgan fingerprint density at radius 1 is 1.29 bits per heavy atom. The summed E-state index contributed by atoms with van der Waals surface area (Å²) in [4.78, 5) is 12.2. The van der Waals surface area contributed by atoms with Gasteiger partial charge in [0.2, 0.25) is 0 Å². The lowest BCUT2D eigenvalue weighted by atomic mass is 10.2. The maximum absolute atomic E-state index is 12.2. The fourth-order valence-corrected chi connectivity index (χ4v) is 2.50. The molecule has 8 heteroatoms. The van der Waals surface area contributed by atoms with Gasteiger partial charge in [-0.3, -0.25) is 4.79 Å². The van der Waals surface area contributed by atoms with E-state index in [9.17, 15) is 4.79 Å². The Bertz CT molecular complexity index is 728. The van der Waals surface area contributed by atoms with Crippen molar-refractivity contribution >= 4 is 5.91 Å². The quantitative estimate of drug-likeness (QED) is 0.759. The third-order valence-corrected chi connectivity index (χ3v) is 3.80. The van der Waals surface area contributed by atoms with Crippen LogP contribution in [0.1, 0.15) is 29.0 Å². The molecule has 2 aromatic rings. The summed E-state index contributed by atoms with van der Waals surface area (Å²) in [5, 5.41) is 10.9. The molecule has 1 aromatic heterocycles. The molecule has 0 aliphatic carbocycles. The molecule has 1 amide bonds. The molecule has 2 heterocycles. The molecule has 0 bridgehead atoms. The van der Waals surface area contributed by atoms with Crippen LogP contribution in [-0.4, -0.2) is 47.2 Å². The van der Waals surface area contributed by atoms with E-state index in [-0.39, 0.29) is 5.91 Å². The minimum atomic E-state index is -0.228. The lowest BCUT2D eigenvalue weighted by molar-refractivity contribution is 0.0947. The van der Waals surface area contributed by atoms with Crippen molar-refractivity contribution in [1.29, 1.82) is 0 Å². The smallest absolute Gasteiger partial charge is 0.273 e. The highest BCUT2D eigenvalue weighted by atomic mass is 16.6. The molecule has 0 spiro atoms. The van der Waals surface area contributed by atoms with Crippen molar-refractivity contribution in [1.82, 2.24) is 20.3 Å². The van der Waals surface area contributed by atoms with E-state index in [1.807, 2.05) is 25.1 Å². The SMILES string of the molecule is Cc1c(C(=O)NCCCCN)nnn1-c1ccc2c(c1)OCCO2. The van der Waals surface area contributed by atoms with Gasteiger partial charge in [0.15, 0.2) is 17.2 Å². The van der Waals surface area contributed by atoms with Crippen LogP contribution >= 0.6 is 0 Å². The average molecular weight is 331 g/mol. The summed E-state index contributed by atoms with van der Waals surface area (Å²) in [5.41, 5.74) is 7.20. The van der Waals surface area contributed by atoms with E-state index in [1.54, 1.807) is 4.68 Å². The number of hydrogen-bond donors (Lipinski definition) is 2. The maximum atomic E-state index is 12.2. The van der Waals surface area contributed by atoms with Crippen LogP contribution in [0.2, 0.25) is 0 Å². The molecule has 8 nitrogen and oxygen atoms in total. The molecule has 24 heavy (non-hydrogen) atoms. The minimum absolute atomic E-state index is 0.228. The normalized spacial score (nSPS) is 12.9. The minimum Gasteiger partial charge on any atom is -0.486 e. The van der Waals surface area contributed by atoms with Crippen LogP contribution in [0, 0.1) is 6.92 Å². The molecule has 0 saturated heterocycles. The van der Waals surface area contributed by atoms with E-state index in [4.69, 9.17) is 15.2 Å². The van der Waals surface area contributed by atoms with Gasteiger partial charge in [0.1, 0.15) is 13.2 Å². The predicted molar refractivity (Wildman–Crippen MR) is 87.7 cm³/mol. The van der Waals surface area contributed by atoms with E-state index in [0.717, 1.165) is 18.5 Å². The molecular weight excluding hydrogens is 310 g/mol. The number of rotatable bonds is 6. The van der Waals surface area contributed by atoms with Gasteiger partial charge in [0, 0.05) is 12.6 Å². The van der Waals surface area contributed by atoms with Crippen molar-refractivity contribution in [2.24, 2.45) is 5.73 Å². The van der Waals surface area contributed by atoms with Crippen LogP contribution in [-0.2, 0) is 0 Å². The summed E-state index contributed by atoms with van der Waals surface area (Å²) in [6.07, 6.45) is 1.72. The number of nitrogens with two attached hydrogens (primary N) is 1. The number of fused-ring (bicyclic) bond motifs is 1. The van der Waals surface area contributed by atoms with Gasteiger partial charge in [-0.2, -0.15) is 0 Å². The van der Waals surface area contributed by atoms with Crippen LogP contribution in [0.25, 0.3) is 5.69 Å². The first-order valence-corrected chi connectivity index (χ1v) is 8.01. The molecule has 1 aromatic carbocycles.